The van der Waals surface area contributed by atoms with Crippen LogP contribution >= 0.6 is 0 Å². The van der Waals surface area contributed by atoms with Crippen LogP contribution in [0.2, 0.25) is 0 Å². The van der Waals surface area contributed by atoms with Crippen molar-refractivity contribution in [1.82, 2.24) is 19.5 Å². The van der Waals surface area contributed by atoms with Gasteiger partial charge in [-0.1, -0.05) is 30.3 Å². The number of aliphatic hydroxyl groups excluding tert-OH is 1. The van der Waals surface area contributed by atoms with Crippen LogP contribution in [0.25, 0.3) is 5.65 Å². The van der Waals surface area contributed by atoms with E-state index in [1.807, 2.05) is 24.3 Å². The molecule has 2 unspecified atom stereocenters. The Balaban J connectivity index is 1.55. The highest BCUT2D eigenvalue weighted by atomic mass is 16.3. The summed E-state index contributed by atoms with van der Waals surface area (Å²) in [7, 11) is 0. The maximum atomic E-state index is 12.3. The molecule has 122 valence electrons. The van der Waals surface area contributed by atoms with Crippen LogP contribution in [-0.2, 0) is 17.8 Å². The van der Waals surface area contributed by atoms with Crippen molar-refractivity contribution in [2.24, 2.45) is 0 Å². The third-order valence-corrected chi connectivity index (χ3v) is 4.30. The summed E-state index contributed by atoms with van der Waals surface area (Å²) in [5.41, 5.74) is 2.07. The van der Waals surface area contributed by atoms with Crippen LogP contribution in [-0.4, -0.2) is 31.3 Å². The van der Waals surface area contributed by atoms with Crippen LogP contribution in [0.4, 0.5) is 0 Å². The molecule has 0 radical (unpaired) electrons. The van der Waals surface area contributed by atoms with E-state index >= 15 is 0 Å². The van der Waals surface area contributed by atoms with Crippen LogP contribution in [0.5, 0.6) is 0 Å². The predicted octanol–water partition coefficient (Wildman–Crippen LogP) is 0.270. The number of aliphatic hydroxyl groups is 1. The summed E-state index contributed by atoms with van der Waals surface area (Å²) in [6.07, 6.45) is 1.45. The highest BCUT2D eigenvalue weighted by molar-refractivity contribution is 5.76. The molecule has 0 bridgehead atoms. The van der Waals surface area contributed by atoms with Crippen LogP contribution in [0.15, 0.2) is 53.5 Å². The molecule has 0 spiro atoms. The average molecular weight is 324 g/mol. The Hall–Kier alpha value is -2.93. The number of benzene rings is 1. The van der Waals surface area contributed by atoms with Gasteiger partial charge in [-0.05, 0) is 23.3 Å². The lowest BCUT2D eigenvalue weighted by Crippen LogP contribution is -2.38. The molecule has 1 aliphatic carbocycles. The van der Waals surface area contributed by atoms with Gasteiger partial charge in [-0.2, -0.15) is 0 Å². The number of pyridine rings is 1. The molecule has 7 nitrogen and oxygen atoms in total. The maximum absolute atomic E-state index is 12.3. The fraction of sp³-hybridized carbons (Fsp3) is 0.235. The van der Waals surface area contributed by atoms with Gasteiger partial charge >= 0.3 is 5.69 Å². The number of carbonyl (C=O) groups is 1. The van der Waals surface area contributed by atoms with Gasteiger partial charge in [0.25, 0.3) is 0 Å². The minimum atomic E-state index is -0.663. The predicted molar refractivity (Wildman–Crippen MR) is 86.5 cm³/mol. The molecule has 0 saturated carbocycles. The van der Waals surface area contributed by atoms with E-state index in [2.05, 4.69) is 10.4 Å². The summed E-state index contributed by atoms with van der Waals surface area (Å²) in [6.45, 7) is -0.189. The first-order valence-electron chi connectivity index (χ1n) is 7.73. The number of carbonyl (C=O) groups excluding carboxylic acids is 1. The molecule has 24 heavy (non-hydrogen) atoms. The Morgan fingerprint density at radius 2 is 2.04 bits per heavy atom. The molecule has 3 aromatic rings. The molecule has 2 atom stereocenters. The first-order valence-corrected chi connectivity index (χ1v) is 7.73. The van der Waals surface area contributed by atoms with E-state index in [-0.39, 0.29) is 18.1 Å². The molecule has 1 aromatic carbocycles. The van der Waals surface area contributed by atoms with Crippen molar-refractivity contribution in [2.45, 2.75) is 25.1 Å². The normalized spacial score (nSPS) is 19.4. The van der Waals surface area contributed by atoms with Crippen LogP contribution < -0.4 is 11.0 Å². The quantitative estimate of drug-likeness (QED) is 0.724. The Labute approximate surface area is 137 Å². The molecular weight excluding hydrogens is 308 g/mol. The van der Waals surface area contributed by atoms with Crippen molar-refractivity contribution in [3.8, 4) is 0 Å². The minimum absolute atomic E-state index is 0.189. The van der Waals surface area contributed by atoms with Gasteiger partial charge in [0.05, 0.1) is 12.1 Å². The maximum Gasteiger partial charge on any atom is 0.350 e. The van der Waals surface area contributed by atoms with E-state index in [9.17, 15) is 14.7 Å². The molecule has 2 N–H and O–H groups in total. The van der Waals surface area contributed by atoms with Gasteiger partial charge in [0.2, 0.25) is 5.91 Å². The number of aromatic nitrogens is 3. The number of nitrogens with zero attached hydrogens (tertiary/aromatic N) is 3. The van der Waals surface area contributed by atoms with E-state index in [0.29, 0.717) is 12.1 Å². The smallest absolute Gasteiger partial charge is 0.350 e. The summed E-state index contributed by atoms with van der Waals surface area (Å²) < 4.78 is 2.50. The standard InChI is InChI=1S/C17H16N4O3/c22-13-9-11-5-1-2-6-12(11)16(13)18-15(23)10-21-17(24)20-8-4-3-7-14(20)19-21/h1-8,13,16,22H,9-10H2,(H,18,23). The van der Waals surface area contributed by atoms with Gasteiger partial charge < -0.3 is 10.4 Å². The average Bonchev–Trinajstić information content (AvgIpc) is 3.06. The largest absolute Gasteiger partial charge is 0.390 e. The zero-order valence-electron chi connectivity index (χ0n) is 12.8. The summed E-state index contributed by atoms with van der Waals surface area (Å²) in [6, 6.07) is 12.4. The van der Waals surface area contributed by atoms with E-state index in [1.165, 1.54) is 4.40 Å². The zero-order chi connectivity index (χ0) is 16.7. The van der Waals surface area contributed by atoms with Crippen molar-refractivity contribution in [3.63, 3.8) is 0 Å². The van der Waals surface area contributed by atoms with E-state index in [4.69, 9.17) is 0 Å². The topological polar surface area (TPSA) is 88.6 Å². The molecule has 0 aliphatic heterocycles. The fourth-order valence-corrected chi connectivity index (χ4v) is 3.17. The van der Waals surface area contributed by atoms with Crippen LogP contribution in [0.1, 0.15) is 17.2 Å². The lowest BCUT2D eigenvalue weighted by Gasteiger charge is -2.17. The second-order valence-electron chi connectivity index (χ2n) is 5.88. The molecule has 1 aliphatic rings. The van der Waals surface area contributed by atoms with Gasteiger partial charge in [-0.15, -0.1) is 5.10 Å². The van der Waals surface area contributed by atoms with Gasteiger partial charge in [-0.3, -0.25) is 9.20 Å². The first-order chi connectivity index (χ1) is 11.6. The SMILES string of the molecule is O=C(Cn1nc2ccccn2c1=O)NC1c2ccccc2CC1O. The second kappa shape index (κ2) is 5.61. The van der Waals surface area contributed by atoms with Crippen molar-refractivity contribution in [2.75, 3.05) is 0 Å². The summed E-state index contributed by atoms with van der Waals surface area (Å²) in [5.74, 6) is -0.360. The molecule has 7 heteroatoms. The third kappa shape index (κ3) is 2.39. The fourth-order valence-electron chi connectivity index (χ4n) is 3.17. The lowest BCUT2D eigenvalue weighted by atomic mass is 10.1. The number of fused-ring (bicyclic) bond motifs is 2. The van der Waals surface area contributed by atoms with E-state index in [1.54, 1.807) is 24.4 Å². The van der Waals surface area contributed by atoms with Crippen molar-refractivity contribution in [3.05, 3.63) is 70.3 Å². The van der Waals surface area contributed by atoms with Gasteiger partial charge in [0.1, 0.15) is 6.54 Å². The van der Waals surface area contributed by atoms with Crippen LogP contribution in [0.3, 0.4) is 0 Å². The Bertz CT molecular complexity index is 975. The van der Waals surface area contributed by atoms with Crippen molar-refractivity contribution >= 4 is 11.6 Å². The van der Waals surface area contributed by atoms with Gasteiger partial charge in [0.15, 0.2) is 5.65 Å². The van der Waals surface area contributed by atoms with E-state index in [0.717, 1.165) is 15.8 Å². The molecule has 4 rings (SSSR count). The second-order valence-corrected chi connectivity index (χ2v) is 5.88. The van der Waals surface area contributed by atoms with Gasteiger partial charge in [-0.25, -0.2) is 9.48 Å². The van der Waals surface area contributed by atoms with Crippen molar-refractivity contribution < 1.29 is 9.90 Å². The first kappa shape index (κ1) is 14.6. The number of rotatable bonds is 3. The zero-order valence-corrected chi connectivity index (χ0v) is 12.8. The number of nitrogens with one attached hydrogen (secondary N) is 1. The van der Waals surface area contributed by atoms with Gasteiger partial charge in [0, 0.05) is 12.6 Å². The lowest BCUT2D eigenvalue weighted by molar-refractivity contribution is -0.123. The Morgan fingerprint density at radius 1 is 1.25 bits per heavy atom. The van der Waals surface area contributed by atoms with E-state index < -0.39 is 12.1 Å². The molecule has 2 aromatic heterocycles. The molecular formula is C17H16N4O3. The summed E-state index contributed by atoms with van der Waals surface area (Å²) in [4.78, 5) is 24.5. The minimum Gasteiger partial charge on any atom is -0.390 e. The highest BCUT2D eigenvalue weighted by Gasteiger charge is 2.31. The molecule has 1 amide bonds. The molecule has 2 heterocycles. The molecule has 0 saturated heterocycles. The molecule has 0 fully saturated rings. The highest BCUT2D eigenvalue weighted by Crippen LogP contribution is 2.31. The monoisotopic (exact) mass is 324 g/mol. The number of hydrogen-bond acceptors (Lipinski definition) is 4. The summed E-state index contributed by atoms with van der Waals surface area (Å²) >= 11 is 0. The number of hydrogen-bond donors (Lipinski definition) is 2. The third-order valence-electron chi connectivity index (χ3n) is 4.30. The summed E-state index contributed by atoms with van der Waals surface area (Å²) in [5, 5.41) is 17.1. The Morgan fingerprint density at radius 3 is 2.88 bits per heavy atom. The van der Waals surface area contributed by atoms with Crippen molar-refractivity contribution in [1.29, 1.82) is 0 Å². The van der Waals surface area contributed by atoms with Crippen LogP contribution in [0, 0.1) is 0 Å². The Kier molecular flexibility index (Phi) is 3.42. The number of amides is 1.